The van der Waals surface area contributed by atoms with Gasteiger partial charge >= 0.3 is 5.69 Å². The minimum atomic E-state index is -0.732. The molecule has 0 aliphatic heterocycles. The lowest BCUT2D eigenvalue weighted by molar-refractivity contribution is 0.417. The molecule has 1 aromatic heterocycles. The average Bonchev–Trinajstić information content (AvgIpc) is 1.98. The minimum Gasteiger partial charge on any atom is -0.445 e. The van der Waals surface area contributed by atoms with Crippen molar-refractivity contribution in [1.29, 1.82) is 0 Å². The summed E-state index contributed by atoms with van der Waals surface area (Å²) in [5.41, 5.74) is -0.664. The highest BCUT2D eigenvalue weighted by atomic mass is 19.1. The van der Waals surface area contributed by atoms with Crippen LogP contribution in [0, 0.1) is 5.82 Å². The van der Waals surface area contributed by atoms with Crippen LogP contribution in [-0.2, 0) is 0 Å². The Morgan fingerprint density at radius 3 is 3.18 bits per heavy atom. The summed E-state index contributed by atoms with van der Waals surface area (Å²) in [5, 5.41) is 0. The second-order valence-corrected chi connectivity index (χ2v) is 1.64. The van der Waals surface area contributed by atoms with Gasteiger partial charge in [-0.2, -0.15) is 9.37 Å². The Balaban J connectivity index is 3.12. The second kappa shape index (κ2) is 2.96. The fraction of sp³-hybridized carbons (Fsp3) is 0. The van der Waals surface area contributed by atoms with Crippen LogP contribution in [0.1, 0.15) is 0 Å². The van der Waals surface area contributed by atoms with Crippen LogP contribution in [0.2, 0.25) is 0 Å². The third kappa shape index (κ3) is 1.64. The first-order valence-corrected chi connectivity index (χ1v) is 2.77. The van der Waals surface area contributed by atoms with Crippen LogP contribution < -0.4 is 10.4 Å². The summed E-state index contributed by atoms with van der Waals surface area (Å²) in [5.74, 6) is -1.10. The first kappa shape index (κ1) is 7.46. The molecule has 0 aromatic carbocycles. The van der Waals surface area contributed by atoms with Crippen LogP contribution in [0.15, 0.2) is 23.8 Å². The number of ether oxygens (including phenoxy) is 1. The van der Waals surface area contributed by atoms with E-state index in [1.54, 1.807) is 0 Å². The van der Waals surface area contributed by atoms with Gasteiger partial charge in [0.15, 0.2) is 0 Å². The maximum atomic E-state index is 12.6. The zero-order valence-electron chi connectivity index (χ0n) is 5.50. The van der Waals surface area contributed by atoms with Crippen LogP contribution in [0.25, 0.3) is 0 Å². The number of nitrogens with zero attached hydrogens (tertiary/aromatic N) is 1. The molecule has 1 aromatic rings. The Morgan fingerprint density at radius 2 is 2.55 bits per heavy atom. The zero-order chi connectivity index (χ0) is 8.27. The number of H-pyrrole nitrogens is 1. The number of halogens is 1. The molecule has 4 nitrogen and oxygen atoms in total. The van der Waals surface area contributed by atoms with Crippen molar-refractivity contribution in [2.45, 2.75) is 0 Å². The fourth-order valence-corrected chi connectivity index (χ4v) is 0.526. The van der Waals surface area contributed by atoms with Gasteiger partial charge in [-0.3, -0.25) is 0 Å². The molecule has 5 heteroatoms. The monoisotopic (exact) mass is 156 g/mol. The molecule has 1 N–H and O–H groups in total. The van der Waals surface area contributed by atoms with Gasteiger partial charge in [-0.1, -0.05) is 6.58 Å². The van der Waals surface area contributed by atoms with Gasteiger partial charge in [0.05, 0.1) is 6.26 Å². The van der Waals surface area contributed by atoms with Crippen LogP contribution in [0.3, 0.4) is 0 Å². The molecule has 0 saturated heterocycles. The molecule has 11 heavy (non-hydrogen) atoms. The summed E-state index contributed by atoms with van der Waals surface area (Å²) < 4.78 is 17.0. The highest BCUT2D eigenvalue weighted by molar-refractivity contribution is 5.09. The Morgan fingerprint density at radius 1 is 1.82 bits per heavy atom. The smallest absolute Gasteiger partial charge is 0.348 e. The maximum Gasteiger partial charge on any atom is 0.348 e. The number of hydrogen-bond acceptors (Lipinski definition) is 3. The minimum absolute atomic E-state index is 0.372. The van der Waals surface area contributed by atoms with Gasteiger partial charge in [-0.25, -0.2) is 4.79 Å². The third-order valence-electron chi connectivity index (χ3n) is 0.925. The van der Waals surface area contributed by atoms with Crippen LogP contribution in [-0.4, -0.2) is 9.97 Å². The topological polar surface area (TPSA) is 55.0 Å². The fourth-order valence-electron chi connectivity index (χ4n) is 0.526. The van der Waals surface area contributed by atoms with Crippen molar-refractivity contribution in [2.24, 2.45) is 0 Å². The standard InChI is InChI=1S/C6H5FN2O2/c1-2-11-5-4(7)3-8-6(10)9-5/h2-3H,1H2,(H,8,9,10). The van der Waals surface area contributed by atoms with Gasteiger partial charge in [-0.05, 0) is 0 Å². The van der Waals surface area contributed by atoms with E-state index in [1.807, 2.05) is 4.98 Å². The largest absolute Gasteiger partial charge is 0.445 e. The van der Waals surface area contributed by atoms with E-state index in [0.29, 0.717) is 0 Å². The van der Waals surface area contributed by atoms with Gasteiger partial charge in [0.25, 0.3) is 5.88 Å². The summed E-state index contributed by atoms with van der Waals surface area (Å²) in [6.07, 6.45) is 1.86. The van der Waals surface area contributed by atoms with E-state index in [1.165, 1.54) is 0 Å². The molecule has 0 bridgehead atoms. The van der Waals surface area contributed by atoms with E-state index in [9.17, 15) is 9.18 Å². The van der Waals surface area contributed by atoms with Crippen molar-refractivity contribution < 1.29 is 9.13 Å². The number of aromatic nitrogens is 2. The van der Waals surface area contributed by atoms with Crippen molar-refractivity contribution in [3.05, 3.63) is 35.3 Å². The van der Waals surface area contributed by atoms with E-state index in [0.717, 1.165) is 12.5 Å². The number of rotatable bonds is 2. The van der Waals surface area contributed by atoms with E-state index in [-0.39, 0.29) is 5.88 Å². The lowest BCUT2D eigenvalue weighted by atomic mass is 10.6. The molecule has 0 aliphatic carbocycles. The summed E-state index contributed by atoms with van der Waals surface area (Å²) in [7, 11) is 0. The highest BCUT2D eigenvalue weighted by Crippen LogP contribution is 2.07. The van der Waals surface area contributed by atoms with E-state index in [4.69, 9.17) is 0 Å². The Hall–Kier alpha value is -1.65. The summed E-state index contributed by atoms with van der Waals surface area (Å²) in [6, 6.07) is 0. The summed E-state index contributed by atoms with van der Waals surface area (Å²) >= 11 is 0. The maximum absolute atomic E-state index is 12.6. The molecule has 0 saturated carbocycles. The van der Waals surface area contributed by atoms with Crippen molar-refractivity contribution in [2.75, 3.05) is 0 Å². The zero-order valence-corrected chi connectivity index (χ0v) is 5.50. The van der Waals surface area contributed by atoms with Crippen molar-refractivity contribution in [1.82, 2.24) is 9.97 Å². The first-order chi connectivity index (χ1) is 5.24. The van der Waals surface area contributed by atoms with Crippen LogP contribution in [0.4, 0.5) is 4.39 Å². The summed E-state index contributed by atoms with van der Waals surface area (Å²) in [4.78, 5) is 15.7. The van der Waals surface area contributed by atoms with Gasteiger partial charge in [0.1, 0.15) is 0 Å². The number of aromatic amines is 1. The molecule has 1 rings (SSSR count). The predicted octanol–water partition coefficient (Wildman–Crippen LogP) is 0.431. The number of hydrogen-bond donors (Lipinski definition) is 1. The molecule has 0 radical (unpaired) electrons. The SMILES string of the molecule is C=COc1nc(=O)[nH]cc1F. The molecule has 58 valence electrons. The molecule has 0 fully saturated rings. The molecule has 1 heterocycles. The van der Waals surface area contributed by atoms with Gasteiger partial charge in [0, 0.05) is 6.20 Å². The first-order valence-electron chi connectivity index (χ1n) is 2.77. The Bertz CT molecular complexity index is 321. The van der Waals surface area contributed by atoms with E-state index in [2.05, 4.69) is 16.3 Å². The van der Waals surface area contributed by atoms with E-state index >= 15 is 0 Å². The quantitative estimate of drug-likeness (QED) is 0.632. The summed E-state index contributed by atoms with van der Waals surface area (Å²) in [6.45, 7) is 3.19. The molecule has 0 aliphatic rings. The normalized spacial score (nSPS) is 9.18. The second-order valence-electron chi connectivity index (χ2n) is 1.64. The lowest BCUT2D eigenvalue weighted by Gasteiger charge is -1.96. The van der Waals surface area contributed by atoms with E-state index < -0.39 is 11.5 Å². The molecular weight excluding hydrogens is 151 g/mol. The molecule has 0 amide bonds. The molecule has 0 atom stereocenters. The molecular formula is C6H5FN2O2. The average molecular weight is 156 g/mol. The molecule has 0 unspecified atom stereocenters. The van der Waals surface area contributed by atoms with Gasteiger partial charge < -0.3 is 9.72 Å². The number of nitrogens with one attached hydrogen (secondary N) is 1. The highest BCUT2D eigenvalue weighted by Gasteiger charge is 2.02. The predicted molar refractivity (Wildman–Crippen MR) is 35.6 cm³/mol. The van der Waals surface area contributed by atoms with Crippen LogP contribution in [0.5, 0.6) is 5.88 Å². The van der Waals surface area contributed by atoms with Crippen molar-refractivity contribution in [3.8, 4) is 5.88 Å². The molecule has 0 spiro atoms. The lowest BCUT2D eigenvalue weighted by Crippen LogP contribution is -2.11. The van der Waals surface area contributed by atoms with Crippen LogP contribution >= 0.6 is 0 Å². The Kier molecular flexibility index (Phi) is 2.00. The van der Waals surface area contributed by atoms with Gasteiger partial charge in [0.2, 0.25) is 5.82 Å². The Labute approximate surface area is 61.4 Å². The van der Waals surface area contributed by atoms with Gasteiger partial charge in [-0.15, -0.1) is 0 Å². The van der Waals surface area contributed by atoms with Crippen molar-refractivity contribution in [3.63, 3.8) is 0 Å². The third-order valence-corrected chi connectivity index (χ3v) is 0.925. The van der Waals surface area contributed by atoms with Crippen molar-refractivity contribution >= 4 is 0 Å².